The maximum atomic E-state index is 11.5. The van der Waals surface area contributed by atoms with Crippen LogP contribution in [0.3, 0.4) is 0 Å². The number of carbonyl (C=O) groups excluding carboxylic acids is 1. The van der Waals surface area contributed by atoms with E-state index >= 15 is 0 Å². The van der Waals surface area contributed by atoms with Crippen molar-refractivity contribution >= 4 is 5.91 Å². The van der Waals surface area contributed by atoms with Crippen LogP contribution in [-0.4, -0.2) is 5.91 Å². The van der Waals surface area contributed by atoms with Gasteiger partial charge < -0.3 is 10.1 Å². The Kier molecular flexibility index (Phi) is 5.83. The summed E-state index contributed by atoms with van der Waals surface area (Å²) in [5.74, 6) is 1.72. The Labute approximate surface area is 126 Å². The molecule has 0 spiro atoms. The van der Waals surface area contributed by atoms with Crippen molar-refractivity contribution in [2.45, 2.75) is 32.7 Å². The highest BCUT2D eigenvalue weighted by Crippen LogP contribution is 2.21. The van der Waals surface area contributed by atoms with Crippen LogP contribution in [0.25, 0.3) is 0 Å². The number of rotatable bonds is 7. The third-order valence-corrected chi connectivity index (χ3v) is 3.15. The summed E-state index contributed by atoms with van der Waals surface area (Å²) in [6, 6.07) is 17.4. The fourth-order valence-corrected chi connectivity index (χ4v) is 1.93. The number of unbranched alkanes of at least 4 members (excludes halogenated alkanes) is 1. The van der Waals surface area contributed by atoms with Crippen LogP contribution in [0, 0.1) is 0 Å². The maximum Gasteiger partial charge on any atom is 0.220 e. The van der Waals surface area contributed by atoms with E-state index in [4.69, 9.17) is 4.74 Å². The average molecular weight is 283 g/mol. The van der Waals surface area contributed by atoms with Crippen molar-refractivity contribution in [3.05, 3.63) is 60.2 Å². The molecule has 3 heteroatoms. The van der Waals surface area contributed by atoms with Crippen LogP contribution in [0.1, 0.15) is 31.7 Å². The Morgan fingerprint density at radius 2 is 1.67 bits per heavy atom. The number of carbonyl (C=O) groups is 1. The molecular weight excluding hydrogens is 262 g/mol. The van der Waals surface area contributed by atoms with Gasteiger partial charge in [-0.05, 0) is 36.2 Å². The van der Waals surface area contributed by atoms with Gasteiger partial charge in [0.25, 0.3) is 0 Å². The molecule has 1 amide bonds. The molecule has 0 saturated carbocycles. The third kappa shape index (κ3) is 5.30. The molecule has 2 rings (SSSR count). The average Bonchev–Trinajstić information content (AvgIpc) is 2.53. The second kappa shape index (κ2) is 8.10. The van der Waals surface area contributed by atoms with E-state index in [2.05, 4.69) is 12.2 Å². The topological polar surface area (TPSA) is 38.3 Å². The van der Waals surface area contributed by atoms with Gasteiger partial charge in [-0.2, -0.15) is 0 Å². The van der Waals surface area contributed by atoms with Crippen LogP contribution in [-0.2, 0) is 11.3 Å². The molecule has 0 saturated heterocycles. The first-order valence-electron chi connectivity index (χ1n) is 7.36. The number of amides is 1. The summed E-state index contributed by atoms with van der Waals surface area (Å²) in [5, 5.41) is 2.92. The molecule has 0 aliphatic carbocycles. The Bertz CT molecular complexity index is 549. The van der Waals surface area contributed by atoms with Gasteiger partial charge in [-0.25, -0.2) is 0 Å². The normalized spacial score (nSPS) is 10.1. The zero-order chi connectivity index (χ0) is 14.9. The smallest absolute Gasteiger partial charge is 0.220 e. The van der Waals surface area contributed by atoms with Crippen molar-refractivity contribution in [2.75, 3.05) is 0 Å². The molecule has 110 valence electrons. The lowest BCUT2D eigenvalue weighted by Crippen LogP contribution is -2.22. The van der Waals surface area contributed by atoms with Crippen LogP contribution >= 0.6 is 0 Å². The quantitative estimate of drug-likeness (QED) is 0.823. The zero-order valence-electron chi connectivity index (χ0n) is 12.3. The van der Waals surface area contributed by atoms with Crippen LogP contribution in [0.5, 0.6) is 11.5 Å². The summed E-state index contributed by atoms with van der Waals surface area (Å²) in [6.07, 6.45) is 2.58. The Morgan fingerprint density at radius 1 is 1.00 bits per heavy atom. The molecule has 0 aliphatic heterocycles. The van der Waals surface area contributed by atoms with E-state index in [0.717, 1.165) is 29.9 Å². The standard InChI is InChI=1S/C18H21NO2/c1-2-3-9-18(20)19-14-15-10-12-17(13-11-15)21-16-7-5-4-6-8-16/h4-8,10-13H,2-3,9,14H2,1H3,(H,19,20). The molecule has 2 aromatic rings. The minimum Gasteiger partial charge on any atom is -0.457 e. The number of hydrogen-bond donors (Lipinski definition) is 1. The molecule has 0 fully saturated rings. The second-order valence-electron chi connectivity index (χ2n) is 4.94. The highest BCUT2D eigenvalue weighted by atomic mass is 16.5. The van der Waals surface area contributed by atoms with Crippen molar-refractivity contribution in [3.8, 4) is 11.5 Å². The van der Waals surface area contributed by atoms with Crippen molar-refractivity contribution in [1.29, 1.82) is 0 Å². The van der Waals surface area contributed by atoms with Crippen LogP contribution in [0.15, 0.2) is 54.6 Å². The molecule has 3 nitrogen and oxygen atoms in total. The lowest BCUT2D eigenvalue weighted by molar-refractivity contribution is -0.121. The Hall–Kier alpha value is -2.29. The minimum atomic E-state index is 0.112. The van der Waals surface area contributed by atoms with Crippen LogP contribution in [0.4, 0.5) is 0 Å². The third-order valence-electron chi connectivity index (χ3n) is 3.15. The number of hydrogen-bond acceptors (Lipinski definition) is 2. The minimum absolute atomic E-state index is 0.112. The fourth-order valence-electron chi connectivity index (χ4n) is 1.93. The molecule has 0 aliphatic rings. The van der Waals surface area contributed by atoms with Gasteiger partial charge in [-0.1, -0.05) is 43.7 Å². The number of benzene rings is 2. The first-order valence-corrected chi connectivity index (χ1v) is 7.36. The fraction of sp³-hybridized carbons (Fsp3) is 0.278. The van der Waals surface area contributed by atoms with Gasteiger partial charge in [0.2, 0.25) is 5.91 Å². The number of ether oxygens (including phenoxy) is 1. The van der Waals surface area contributed by atoms with E-state index in [-0.39, 0.29) is 5.91 Å². The van der Waals surface area contributed by atoms with Gasteiger partial charge in [0.05, 0.1) is 0 Å². The molecule has 0 radical (unpaired) electrons. The molecule has 0 bridgehead atoms. The molecule has 2 aromatic carbocycles. The van der Waals surface area contributed by atoms with Crippen LogP contribution in [0.2, 0.25) is 0 Å². The van der Waals surface area contributed by atoms with E-state index < -0.39 is 0 Å². The largest absolute Gasteiger partial charge is 0.457 e. The maximum absolute atomic E-state index is 11.5. The van der Waals surface area contributed by atoms with Gasteiger partial charge in [-0.3, -0.25) is 4.79 Å². The van der Waals surface area contributed by atoms with Crippen LogP contribution < -0.4 is 10.1 Å². The van der Waals surface area contributed by atoms with Gasteiger partial charge in [0, 0.05) is 13.0 Å². The van der Waals surface area contributed by atoms with E-state index in [9.17, 15) is 4.79 Å². The monoisotopic (exact) mass is 283 g/mol. The first kappa shape index (κ1) is 15.1. The van der Waals surface area contributed by atoms with Crippen molar-refractivity contribution in [2.24, 2.45) is 0 Å². The molecule has 0 atom stereocenters. The van der Waals surface area contributed by atoms with Gasteiger partial charge in [0.1, 0.15) is 11.5 Å². The van der Waals surface area contributed by atoms with E-state index in [1.165, 1.54) is 0 Å². The molecule has 0 unspecified atom stereocenters. The molecule has 21 heavy (non-hydrogen) atoms. The van der Waals surface area contributed by atoms with E-state index in [1.807, 2.05) is 54.6 Å². The Morgan fingerprint density at radius 3 is 2.33 bits per heavy atom. The van der Waals surface area contributed by atoms with E-state index in [0.29, 0.717) is 13.0 Å². The summed E-state index contributed by atoms with van der Waals surface area (Å²) in [4.78, 5) is 11.5. The predicted molar refractivity (Wildman–Crippen MR) is 84.3 cm³/mol. The zero-order valence-corrected chi connectivity index (χ0v) is 12.3. The summed E-state index contributed by atoms with van der Waals surface area (Å²) >= 11 is 0. The highest BCUT2D eigenvalue weighted by molar-refractivity contribution is 5.75. The predicted octanol–water partition coefficient (Wildman–Crippen LogP) is 4.29. The SMILES string of the molecule is CCCCC(=O)NCc1ccc(Oc2ccccc2)cc1. The number of nitrogens with one attached hydrogen (secondary N) is 1. The first-order chi connectivity index (χ1) is 10.3. The lowest BCUT2D eigenvalue weighted by Gasteiger charge is -2.08. The summed E-state index contributed by atoms with van der Waals surface area (Å²) < 4.78 is 5.72. The number of para-hydroxylation sites is 1. The Balaban J connectivity index is 1.83. The molecular formula is C18H21NO2. The second-order valence-corrected chi connectivity index (χ2v) is 4.94. The van der Waals surface area contributed by atoms with Crippen molar-refractivity contribution in [3.63, 3.8) is 0 Å². The van der Waals surface area contributed by atoms with Gasteiger partial charge >= 0.3 is 0 Å². The molecule has 0 aromatic heterocycles. The lowest BCUT2D eigenvalue weighted by atomic mass is 10.2. The van der Waals surface area contributed by atoms with Crippen molar-refractivity contribution < 1.29 is 9.53 Å². The summed E-state index contributed by atoms with van der Waals surface area (Å²) in [5.41, 5.74) is 1.07. The van der Waals surface area contributed by atoms with E-state index in [1.54, 1.807) is 0 Å². The highest BCUT2D eigenvalue weighted by Gasteiger charge is 2.01. The molecule has 0 heterocycles. The molecule has 1 N–H and O–H groups in total. The van der Waals surface area contributed by atoms with Crippen molar-refractivity contribution in [1.82, 2.24) is 5.32 Å². The van der Waals surface area contributed by atoms with Gasteiger partial charge in [-0.15, -0.1) is 0 Å². The summed E-state index contributed by atoms with van der Waals surface area (Å²) in [6.45, 7) is 2.65. The summed E-state index contributed by atoms with van der Waals surface area (Å²) in [7, 11) is 0. The van der Waals surface area contributed by atoms with Gasteiger partial charge in [0.15, 0.2) is 0 Å².